The number of H-pyrrole nitrogens is 1. The number of aromatic amines is 1. The lowest BCUT2D eigenvalue weighted by atomic mass is 9.88. The molecule has 1 aromatic carbocycles. The van der Waals surface area contributed by atoms with E-state index in [0.29, 0.717) is 12.3 Å². The smallest absolute Gasteiger partial charge is 0.153 e. The summed E-state index contributed by atoms with van der Waals surface area (Å²) in [7, 11) is 1.69. The van der Waals surface area contributed by atoms with Gasteiger partial charge in [-0.1, -0.05) is 18.2 Å². The first-order valence-electron chi connectivity index (χ1n) is 7.74. The van der Waals surface area contributed by atoms with Crippen LogP contribution in [0.1, 0.15) is 49.8 Å². The van der Waals surface area contributed by atoms with Crippen molar-refractivity contribution >= 4 is 0 Å². The molecular formula is C17H23N3O2. The molecule has 1 fully saturated rings. The van der Waals surface area contributed by atoms with Crippen molar-refractivity contribution < 1.29 is 9.47 Å². The second kappa shape index (κ2) is 6.08. The highest BCUT2D eigenvalue weighted by Gasteiger charge is 2.31. The molecule has 2 aromatic rings. The summed E-state index contributed by atoms with van der Waals surface area (Å²) in [5.74, 6) is 3.03. The van der Waals surface area contributed by atoms with Crippen molar-refractivity contribution in [3.05, 3.63) is 41.5 Å². The summed E-state index contributed by atoms with van der Waals surface area (Å²) in [6.45, 7) is 5.02. The standard InChI is InChI=1S/C17H23N3O2/c1-17(2)11-13(8-9-22-17)16-18-15(19-20-16)10-12-6-4-5-7-14(12)21-3/h4-7,13H,8-11H2,1-3H3,(H,18,19,20)/t13-/m1/s1. The molecule has 3 rings (SSSR count). The van der Waals surface area contributed by atoms with E-state index in [1.165, 1.54) is 0 Å². The minimum atomic E-state index is -0.0909. The summed E-state index contributed by atoms with van der Waals surface area (Å²) in [6, 6.07) is 8.00. The van der Waals surface area contributed by atoms with Gasteiger partial charge in [0.05, 0.1) is 12.7 Å². The Bertz CT molecular complexity index is 636. The van der Waals surface area contributed by atoms with Gasteiger partial charge in [-0.3, -0.25) is 5.10 Å². The minimum Gasteiger partial charge on any atom is -0.496 e. The molecule has 0 saturated carbocycles. The maximum Gasteiger partial charge on any atom is 0.153 e. The van der Waals surface area contributed by atoms with E-state index in [1.807, 2.05) is 18.2 Å². The van der Waals surface area contributed by atoms with E-state index in [1.54, 1.807) is 7.11 Å². The van der Waals surface area contributed by atoms with Crippen molar-refractivity contribution in [3.8, 4) is 5.75 Å². The summed E-state index contributed by atoms with van der Waals surface area (Å²) in [5.41, 5.74) is 1.02. The van der Waals surface area contributed by atoms with Crippen LogP contribution in [0.4, 0.5) is 0 Å². The van der Waals surface area contributed by atoms with Crippen molar-refractivity contribution in [2.75, 3.05) is 13.7 Å². The van der Waals surface area contributed by atoms with Gasteiger partial charge in [-0.05, 0) is 32.8 Å². The van der Waals surface area contributed by atoms with Crippen LogP contribution in [0, 0.1) is 0 Å². The number of nitrogens with one attached hydrogen (secondary N) is 1. The van der Waals surface area contributed by atoms with Crippen LogP contribution >= 0.6 is 0 Å². The van der Waals surface area contributed by atoms with Gasteiger partial charge in [-0.2, -0.15) is 5.10 Å². The Balaban J connectivity index is 1.74. The molecule has 0 unspecified atom stereocenters. The molecule has 0 bridgehead atoms. The van der Waals surface area contributed by atoms with Crippen molar-refractivity contribution in [2.24, 2.45) is 0 Å². The van der Waals surface area contributed by atoms with Crippen molar-refractivity contribution in [3.63, 3.8) is 0 Å². The Labute approximate surface area is 131 Å². The number of ether oxygens (including phenoxy) is 2. The van der Waals surface area contributed by atoms with Gasteiger partial charge < -0.3 is 9.47 Å². The third-order valence-electron chi connectivity index (χ3n) is 4.16. The quantitative estimate of drug-likeness (QED) is 0.943. The van der Waals surface area contributed by atoms with Crippen LogP contribution in [-0.2, 0) is 11.2 Å². The Hall–Kier alpha value is -1.88. The van der Waals surface area contributed by atoms with Gasteiger partial charge in [0.25, 0.3) is 0 Å². The van der Waals surface area contributed by atoms with Crippen molar-refractivity contribution in [2.45, 2.75) is 44.6 Å². The fourth-order valence-corrected chi connectivity index (χ4v) is 3.05. The van der Waals surface area contributed by atoms with E-state index in [-0.39, 0.29) is 5.60 Å². The molecule has 0 amide bonds. The number of methoxy groups -OCH3 is 1. The first-order valence-corrected chi connectivity index (χ1v) is 7.74. The fraction of sp³-hybridized carbons (Fsp3) is 0.529. The van der Waals surface area contributed by atoms with E-state index in [9.17, 15) is 0 Å². The monoisotopic (exact) mass is 301 g/mol. The third kappa shape index (κ3) is 3.30. The second-order valence-corrected chi connectivity index (χ2v) is 6.43. The zero-order valence-corrected chi connectivity index (χ0v) is 13.4. The van der Waals surface area contributed by atoms with Crippen LogP contribution in [0.15, 0.2) is 24.3 Å². The zero-order valence-electron chi connectivity index (χ0n) is 13.4. The van der Waals surface area contributed by atoms with Gasteiger partial charge in [-0.15, -0.1) is 0 Å². The highest BCUT2D eigenvalue weighted by atomic mass is 16.5. The van der Waals surface area contributed by atoms with E-state index in [0.717, 1.165) is 42.4 Å². The number of benzene rings is 1. The molecule has 22 heavy (non-hydrogen) atoms. The van der Waals surface area contributed by atoms with Crippen LogP contribution in [-0.4, -0.2) is 34.5 Å². The lowest BCUT2D eigenvalue weighted by Crippen LogP contribution is -2.33. The molecule has 1 N–H and O–H groups in total. The number of nitrogens with zero attached hydrogens (tertiary/aromatic N) is 2. The fourth-order valence-electron chi connectivity index (χ4n) is 3.05. The number of hydrogen-bond donors (Lipinski definition) is 1. The largest absolute Gasteiger partial charge is 0.496 e. The third-order valence-corrected chi connectivity index (χ3v) is 4.16. The molecule has 0 radical (unpaired) electrons. The van der Waals surface area contributed by atoms with E-state index in [4.69, 9.17) is 14.5 Å². The minimum absolute atomic E-state index is 0.0909. The predicted octanol–water partition coefficient (Wildman–Crippen LogP) is 3.08. The van der Waals surface area contributed by atoms with Gasteiger partial charge in [0, 0.05) is 24.5 Å². The van der Waals surface area contributed by atoms with Crippen LogP contribution in [0.3, 0.4) is 0 Å². The van der Waals surface area contributed by atoms with E-state index < -0.39 is 0 Å². The molecule has 1 aliphatic rings. The first kappa shape index (κ1) is 15.0. The number of aromatic nitrogens is 3. The van der Waals surface area contributed by atoms with Crippen molar-refractivity contribution in [1.29, 1.82) is 0 Å². The average molecular weight is 301 g/mol. The summed E-state index contributed by atoms with van der Waals surface area (Å²) in [4.78, 5) is 4.69. The maximum absolute atomic E-state index is 5.77. The molecule has 5 nitrogen and oxygen atoms in total. The van der Waals surface area contributed by atoms with Gasteiger partial charge in [0.2, 0.25) is 0 Å². The summed E-state index contributed by atoms with van der Waals surface area (Å²) in [6.07, 6.45) is 2.64. The Morgan fingerprint density at radius 3 is 2.95 bits per heavy atom. The Morgan fingerprint density at radius 2 is 2.18 bits per heavy atom. The summed E-state index contributed by atoms with van der Waals surface area (Å²) in [5, 5.41) is 7.50. The SMILES string of the molecule is COc1ccccc1Cc1nc([C@@H]2CCOC(C)(C)C2)n[nH]1. The van der Waals surface area contributed by atoms with Crippen LogP contribution in [0.25, 0.3) is 0 Å². The summed E-state index contributed by atoms with van der Waals surface area (Å²) >= 11 is 0. The van der Waals surface area contributed by atoms with Gasteiger partial charge in [0.15, 0.2) is 5.82 Å². The summed E-state index contributed by atoms with van der Waals surface area (Å²) < 4.78 is 11.2. The molecule has 0 aliphatic carbocycles. The molecule has 0 spiro atoms. The lowest BCUT2D eigenvalue weighted by molar-refractivity contribution is -0.0602. The van der Waals surface area contributed by atoms with E-state index >= 15 is 0 Å². The lowest BCUT2D eigenvalue weighted by Gasteiger charge is -2.34. The number of para-hydroxylation sites is 1. The van der Waals surface area contributed by atoms with Gasteiger partial charge >= 0.3 is 0 Å². The van der Waals surface area contributed by atoms with E-state index in [2.05, 4.69) is 30.1 Å². The Morgan fingerprint density at radius 1 is 1.36 bits per heavy atom. The first-order chi connectivity index (χ1) is 10.6. The normalized spacial score (nSPS) is 20.8. The zero-order chi connectivity index (χ0) is 15.6. The second-order valence-electron chi connectivity index (χ2n) is 6.43. The van der Waals surface area contributed by atoms with Crippen LogP contribution < -0.4 is 4.74 Å². The molecule has 1 atom stereocenters. The number of hydrogen-bond acceptors (Lipinski definition) is 4. The highest BCUT2D eigenvalue weighted by Crippen LogP contribution is 2.34. The average Bonchev–Trinajstić information content (AvgIpc) is 2.95. The molecule has 1 aliphatic heterocycles. The van der Waals surface area contributed by atoms with Crippen LogP contribution in [0.5, 0.6) is 5.75 Å². The molecule has 1 saturated heterocycles. The molecule has 1 aromatic heterocycles. The molecule has 118 valence electrons. The topological polar surface area (TPSA) is 60.0 Å². The maximum atomic E-state index is 5.77. The van der Waals surface area contributed by atoms with Crippen molar-refractivity contribution in [1.82, 2.24) is 15.2 Å². The predicted molar refractivity (Wildman–Crippen MR) is 84.2 cm³/mol. The molecule has 2 heterocycles. The molecular weight excluding hydrogens is 278 g/mol. The van der Waals surface area contributed by atoms with Crippen LogP contribution in [0.2, 0.25) is 0 Å². The highest BCUT2D eigenvalue weighted by molar-refractivity contribution is 5.35. The molecule has 5 heteroatoms. The number of rotatable bonds is 4. The van der Waals surface area contributed by atoms with Gasteiger partial charge in [0.1, 0.15) is 11.6 Å². The van der Waals surface area contributed by atoms with Gasteiger partial charge in [-0.25, -0.2) is 4.98 Å². The Kier molecular flexibility index (Phi) is 4.16.